The van der Waals surface area contributed by atoms with E-state index >= 15 is 0 Å². The predicted octanol–water partition coefficient (Wildman–Crippen LogP) is 5.17. The van der Waals surface area contributed by atoms with E-state index in [1.165, 1.54) is 34.4 Å². The van der Waals surface area contributed by atoms with Crippen LogP contribution in [0.4, 0.5) is 10.1 Å². The molecule has 2 aromatic heterocycles. The molecule has 0 radical (unpaired) electrons. The lowest BCUT2D eigenvalue weighted by molar-refractivity contribution is 0.103. The molecule has 0 aliphatic rings. The molecule has 0 aliphatic heterocycles. The van der Waals surface area contributed by atoms with Crippen molar-refractivity contribution in [2.24, 2.45) is 0 Å². The number of halogens is 2. The summed E-state index contributed by atoms with van der Waals surface area (Å²) >= 11 is 7.14. The van der Waals surface area contributed by atoms with Crippen LogP contribution in [0.5, 0.6) is 0 Å². The molecule has 0 atom stereocenters. The standard InChI is InChI=1S/C22H17ClFN3O2S/c1-12-8-15(23)6-7-17(12)26-20(28)19-13(2)18-21(30-19)25-11-27(22(18)29)10-14-4-3-5-16(24)9-14/h3-9,11H,10H2,1-2H3,(H,26,28). The number of thiophene rings is 1. The molecule has 0 bridgehead atoms. The fourth-order valence-electron chi connectivity index (χ4n) is 3.27. The van der Waals surface area contributed by atoms with Gasteiger partial charge in [-0.25, -0.2) is 9.37 Å². The lowest BCUT2D eigenvalue weighted by Gasteiger charge is -2.08. The van der Waals surface area contributed by atoms with E-state index in [1.54, 1.807) is 37.3 Å². The van der Waals surface area contributed by atoms with Gasteiger partial charge in [0.05, 0.1) is 23.1 Å². The zero-order chi connectivity index (χ0) is 21.4. The molecule has 4 aromatic rings. The van der Waals surface area contributed by atoms with Crippen molar-refractivity contribution < 1.29 is 9.18 Å². The molecule has 0 unspecified atom stereocenters. The summed E-state index contributed by atoms with van der Waals surface area (Å²) in [7, 11) is 0. The molecular weight excluding hydrogens is 425 g/mol. The van der Waals surface area contributed by atoms with Crippen molar-refractivity contribution in [3.05, 3.63) is 91.6 Å². The predicted molar refractivity (Wildman–Crippen MR) is 118 cm³/mol. The Balaban J connectivity index is 1.69. The van der Waals surface area contributed by atoms with Crippen LogP contribution in [0.2, 0.25) is 5.02 Å². The lowest BCUT2D eigenvalue weighted by atomic mass is 10.1. The maximum Gasteiger partial charge on any atom is 0.266 e. The lowest BCUT2D eigenvalue weighted by Crippen LogP contribution is -2.21. The van der Waals surface area contributed by atoms with Crippen molar-refractivity contribution in [1.29, 1.82) is 0 Å². The SMILES string of the molecule is Cc1cc(Cl)ccc1NC(=O)c1sc2ncn(Cc3cccc(F)c3)c(=O)c2c1C. The van der Waals surface area contributed by atoms with Crippen LogP contribution in [-0.4, -0.2) is 15.5 Å². The summed E-state index contributed by atoms with van der Waals surface area (Å²) in [6, 6.07) is 11.3. The van der Waals surface area contributed by atoms with Crippen molar-refractivity contribution in [3.8, 4) is 0 Å². The van der Waals surface area contributed by atoms with Crippen molar-refractivity contribution in [1.82, 2.24) is 9.55 Å². The van der Waals surface area contributed by atoms with E-state index in [4.69, 9.17) is 11.6 Å². The molecule has 2 aromatic carbocycles. The van der Waals surface area contributed by atoms with Crippen LogP contribution in [0.25, 0.3) is 10.2 Å². The molecular formula is C22H17ClFN3O2S. The molecule has 0 saturated carbocycles. The summed E-state index contributed by atoms with van der Waals surface area (Å²) in [5, 5.41) is 3.86. The van der Waals surface area contributed by atoms with Crippen LogP contribution in [0, 0.1) is 19.7 Å². The largest absolute Gasteiger partial charge is 0.321 e. The minimum atomic E-state index is -0.363. The second-order valence-electron chi connectivity index (χ2n) is 6.96. The van der Waals surface area contributed by atoms with E-state index in [2.05, 4.69) is 10.3 Å². The Morgan fingerprint density at radius 2 is 2.03 bits per heavy atom. The Kier molecular flexibility index (Phi) is 5.40. The van der Waals surface area contributed by atoms with Crippen molar-refractivity contribution >= 4 is 44.7 Å². The summed E-state index contributed by atoms with van der Waals surface area (Å²) in [6.07, 6.45) is 1.43. The summed E-state index contributed by atoms with van der Waals surface area (Å²) in [5.41, 5.74) is 2.45. The number of benzene rings is 2. The average molecular weight is 442 g/mol. The third-order valence-electron chi connectivity index (χ3n) is 4.80. The van der Waals surface area contributed by atoms with Gasteiger partial charge in [0.1, 0.15) is 10.6 Å². The first-order chi connectivity index (χ1) is 14.3. The van der Waals surface area contributed by atoms with Crippen molar-refractivity contribution in [2.75, 3.05) is 5.32 Å². The number of aromatic nitrogens is 2. The van der Waals surface area contributed by atoms with Crippen molar-refractivity contribution in [3.63, 3.8) is 0 Å². The molecule has 8 heteroatoms. The number of hydrogen-bond acceptors (Lipinski definition) is 4. The summed E-state index contributed by atoms with van der Waals surface area (Å²) in [4.78, 5) is 31.1. The molecule has 2 heterocycles. The Labute approximate surface area is 180 Å². The zero-order valence-corrected chi connectivity index (χ0v) is 17.8. The highest BCUT2D eigenvalue weighted by Crippen LogP contribution is 2.28. The van der Waals surface area contributed by atoms with E-state index in [0.717, 1.165) is 5.56 Å². The zero-order valence-electron chi connectivity index (χ0n) is 16.2. The van der Waals surface area contributed by atoms with Crippen LogP contribution in [0.15, 0.2) is 53.6 Å². The van der Waals surface area contributed by atoms with Gasteiger partial charge in [-0.1, -0.05) is 23.7 Å². The third-order valence-corrected chi connectivity index (χ3v) is 6.24. The van der Waals surface area contributed by atoms with Gasteiger partial charge in [-0.3, -0.25) is 14.2 Å². The van der Waals surface area contributed by atoms with Crippen LogP contribution >= 0.6 is 22.9 Å². The molecule has 0 saturated heterocycles. The first-order valence-corrected chi connectivity index (χ1v) is 10.3. The molecule has 1 amide bonds. The third kappa shape index (κ3) is 3.86. The highest BCUT2D eigenvalue weighted by atomic mass is 35.5. The number of rotatable bonds is 4. The smallest absolute Gasteiger partial charge is 0.266 e. The summed E-state index contributed by atoms with van der Waals surface area (Å²) in [6.45, 7) is 3.78. The maximum atomic E-state index is 13.5. The van der Waals surface area contributed by atoms with Gasteiger partial charge in [-0.15, -0.1) is 11.3 Å². The molecule has 1 N–H and O–H groups in total. The molecule has 0 spiro atoms. The number of fused-ring (bicyclic) bond motifs is 1. The van der Waals surface area contributed by atoms with E-state index < -0.39 is 0 Å². The number of aryl methyl sites for hydroxylation is 2. The van der Waals surface area contributed by atoms with Gasteiger partial charge in [0.25, 0.3) is 11.5 Å². The van der Waals surface area contributed by atoms with E-state index in [9.17, 15) is 14.0 Å². The Morgan fingerprint density at radius 3 is 2.77 bits per heavy atom. The number of carbonyl (C=O) groups excluding carboxylic acids is 1. The Bertz CT molecular complexity index is 1350. The molecule has 4 rings (SSSR count). The van der Waals surface area contributed by atoms with Crippen molar-refractivity contribution in [2.45, 2.75) is 20.4 Å². The van der Waals surface area contributed by atoms with Crippen LogP contribution in [0.3, 0.4) is 0 Å². The average Bonchev–Trinajstić information content (AvgIpc) is 3.04. The number of hydrogen-bond donors (Lipinski definition) is 1. The van der Waals surface area contributed by atoms with E-state index in [1.807, 2.05) is 6.92 Å². The van der Waals surface area contributed by atoms with Gasteiger partial charge in [-0.05, 0) is 60.9 Å². The second-order valence-corrected chi connectivity index (χ2v) is 8.39. The first-order valence-electron chi connectivity index (χ1n) is 9.14. The van der Waals surface area contributed by atoms with Gasteiger partial charge < -0.3 is 5.32 Å². The number of amides is 1. The molecule has 0 fully saturated rings. The normalized spacial score (nSPS) is 11.1. The van der Waals surface area contributed by atoms with Crippen LogP contribution < -0.4 is 10.9 Å². The molecule has 5 nitrogen and oxygen atoms in total. The number of nitrogens with zero attached hydrogens (tertiary/aromatic N) is 2. The Morgan fingerprint density at radius 1 is 1.23 bits per heavy atom. The number of carbonyl (C=O) groups is 1. The highest BCUT2D eigenvalue weighted by Gasteiger charge is 2.20. The summed E-state index contributed by atoms with van der Waals surface area (Å²) in [5.74, 6) is -0.672. The molecule has 0 aliphatic carbocycles. The highest BCUT2D eigenvalue weighted by molar-refractivity contribution is 7.20. The monoisotopic (exact) mass is 441 g/mol. The number of anilines is 1. The number of nitrogens with one attached hydrogen (secondary N) is 1. The maximum absolute atomic E-state index is 13.5. The second kappa shape index (κ2) is 8.01. The van der Waals surface area contributed by atoms with Crippen LogP contribution in [-0.2, 0) is 6.54 Å². The Hall–Kier alpha value is -3.03. The molecule has 152 valence electrons. The van der Waals surface area contributed by atoms with Gasteiger partial charge in [-0.2, -0.15) is 0 Å². The van der Waals surface area contributed by atoms with Crippen LogP contribution in [0.1, 0.15) is 26.4 Å². The van der Waals surface area contributed by atoms with Gasteiger partial charge >= 0.3 is 0 Å². The summed E-state index contributed by atoms with van der Waals surface area (Å²) < 4.78 is 14.9. The minimum Gasteiger partial charge on any atom is -0.321 e. The van der Waals surface area contributed by atoms with E-state index in [-0.39, 0.29) is 23.8 Å². The quantitative estimate of drug-likeness (QED) is 0.475. The minimum absolute atomic E-state index is 0.195. The topological polar surface area (TPSA) is 64.0 Å². The first kappa shape index (κ1) is 20.3. The van der Waals surface area contributed by atoms with Gasteiger partial charge in [0.2, 0.25) is 0 Å². The fourth-order valence-corrected chi connectivity index (χ4v) is 4.53. The fraction of sp³-hybridized carbons (Fsp3) is 0.136. The van der Waals surface area contributed by atoms with Gasteiger partial charge in [0, 0.05) is 10.7 Å². The van der Waals surface area contributed by atoms with E-state index in [0.29, 0.717) is 36.9 Å². The van der Waals surface area contributed by atoms with Gasteiger partial charge in [0.15, 0.2) is 0 Å². The molecule has 30 heavy (non-hydrogen) atoms.